The molecule has 16 heavy (non-hydrogen) atoms. The van der Waals surface area contributed by atoms with E-state index in [1.807, 2.05) is 0 Å². The molecule has 86 valence electrons. The number of carbonyl (C=O) groups excluding carboxylic acids is 1. The molecule has 0 aliphatic carbocycles. The fourth-order valence-electron chi connectivity index (χ4n) is 1.06. The van der Waals surface area contributed by atoms with Crippen LogP contribution in [-0.2, 0) is 9.53 Å². The van der Waals surface area contributed by atoms with Crippen molar-refractivity contribution in [3.05, 3.63) is 36.9 Å². The summed E-state index contributed by atoms with van der Waals surface area (Å²) in [6, 6.07) is 7.01. The first-order valence-corrected chi connectivity index (χ1v) is 4.93. The maximum Gasteiger partial charge on any atom is 0.330 e. The van der Waals surface area contributed by atoms with E-state index in [4.69, 9.17) is 15.2 Å². The summed E-state index contributed by atoms with van der Waals surface area (Å²) in [6.45, 7) is 5.36. The average Bonchev–Trinajstić information content (AvgIpc) is 2.28. The number of hydrogen-bond donors (Lipinski definition) is 1. The van der Waals surface area contributed by atoms with Crippen molar-refractivity contribution in [2.24, 2.45) is 0 Å². The van der Waals surface area contributed by atoms with E-state index in [1.165, 1.54) is 0 Å². The fourth-order valence-corrected chi connectivity index (χ4v) is 1.06. The van der Waals surface area contributed by atoms with Gasteiger partial charge >= 0.3 is 5.97 Å². The second-order valence-electron chi connectivity index (χ2n) is 3.33. The first kappa shape index (κ1) is 12.1. The van der Waals surface area contributed by atoms with Crippen LogP contribution in [0.5, 0.6) is 5.75 Å². The van der Waals surface area contributed by atoms with Gasteiger partial charge in [-0.3, -0.25) is 0 Å². The molecule has 1 rings (SSSR count). The van der Waals surface area contributed by atoms with E-state index < -0.39 is 5.97 Å². The van der Waals surface area contributed by atoms with Crippen molar-refractivity contribution in [1.29, 1.82) is 0 Å². The molecule has 2 N–H and O–H groups in total. The normalized spacial score (nSPS) is 11.6. The van der Waals surface area contributed by atoms with Gasteiger partial charge in [0, 0.05) is 11.8 Å². The summed E-state index contributed by atoms with van der Waals surface area (Å²) >= 11 is 0. The van der Waals surface area contributed by atoms with E-state index in [1.54, 1.807) is 31.2 Å². The second kappa shape index (κ2) is 5.80. The first-order chi connectivity index (χ1) is 7.61. The smallest absolute Gasteiger partial charge is 0.330 e. The van der Waals surface area contributed by atoms with Crippen LogP contribution in [0, 0.1) is 0 Å². The number of nitrogens with two attached hydrogens (primary N) is 1. The summed E-state index contributed by atoms with van der Waals surface area (Å²) < 4.78 is 10.3. The van der Waals surface area contributed by atoms with Gasteiger partial charge in [0.1, 0.15) is 18.5 Å². The molecule has 4 heteroatoms. The number of carbonyl (C=O) groups is 1. The van der Waals surface area contributed by atoms with Crippen LogP contribution in [-0.4, -0.2) is 18.7 Å². The zero-order valence-electron chi connectivity index (χ0n) is 9.18. The highest BCUT2D eigenvalue weighted by atomic mass is 16.6. The Morgan fingerprint density at radius 2 is 2.12 bits per heavy atom. The van der Waals surface area contributed by atoms with E-state index in [0.717, 1.165) is 6.08 Å². The number of nitrogen functional groups attached to an aromatic ring is 1. The molecule has 1 aromatic rings. The Morgan fingerprint density at radius 1 is 1.50 bits per heavy atom. The minimum atomic E-state index is -0.451. The third-order valence-electron chi connectivity index (χ3n) is 1.85. The van der Waals surface area contributed by atoms with Crippen LogP contribution in [0.15, 0.2) is 36.9 Å². The Morgan fingerprint density at radius 3 is 2.69 bits per heavy atom. The molecule has 0 radical (unpaired) electrons. The number of anilines is 1. The lowest BCUT2D eigenvalue weighted by atomic mass is 10.3. The van der Waals surface area contributed by atoms with Crippen LogP contribution in [0.2, 0.25) is 0 Å². The molecule has 0 saturated carbocycles. The lowest BCUT2D eigenvalue weighted by Gasteiger charge is -2.13. The first-order valence-electron chi connectivity index (χ1n) is 4.93. The Kier molecular flexibility index (Phi) is 4.39. The average molecular weight is 221 g/mol. The molecule has 0 heterocycles. The van der Waals surface area contributed by atoms with Crippen LogP contribution in [0.3, 0.4) is 0 Å². The highest BCUT2D eigenvalue weighted by Crippen LogP contribution is 2.13. The minimum absolute atomic E-state index is 0.295. The van der Waals surface area contributed by atoms with Crippen molar-refractivity contribution >= 4 is 11.7 Å². The van der Waals surface area contributed by atoms with Crippen LogP contribution in [0.1, 0.15) is 6.92 Å². The van der Waals surface area contributed by atoms with E-state index in [-0.39, 0.29) is 6.10 Å². The number of esters is 1. The van der Waals surface area contributed by atoms with E-state index >= 15 is 0 Å². The van der Waals surface area contributed by atoms with Gasteiger partial charge in [0.05, 0.1) is 0 Å². The summed E-state index contributed by atoms with van der Waals surface area (Å²) in [5.41, 5.74) is 6.21. The van der Waals surface area contributed by atoms with Gasteiger partial charge in [0.15, 0.2) is 0 Å². The van der Waals surface area contributed by atoms with Crippen molar-refractivity contribution in [3.8, 4) is 5.75 Å². The summed E-state index contributed by atoms with van der Waals surface area (Å²) in [4.78, 5) is 10.9. The molecule has 0 bridgehead atoms. The van der Waals surface area contributed by atoms with Gasteiger partial charge in [-0.25, -0.2) is 4.79 Å². The van der Waals surface area contributed by atoms with Crippen molar-refractivity contribution < 1.29 is 14.3 Å². The molecule has 0 aliphatic heterocycles. The van der Waals surface area contributed by atoms with Crippen molar-refractivity contribution in [3.63, 3.8) is 0 Å². The van der Waals surface area contributed by atoms with Gasteiger partial charge in [-0.15, -0.1) is 0 Å². The highest BCUT2D eigenvalue weighted by molar-refractivity contribution is 5.81. The Bertz CT molecular complexity index is 359. The zero-order valence-corrected chi connectivity index (χ0v) is 9.18. The highest BCUT2D eigenvalue weighted by Gasteiger charge is 2.06. The third kappa shape index (κ3) is 4.04. The molecule has 0 aliphatic rings. The number of benzene rings is 1. The summed E-state index contributed by atoms with van der Waals surface area (Å²) in [5.74, 6) is 0.240. The second-order valence-corrected chi connectivity index (χ2v) is 3.33. The van der Waals surface area contributed by atoms with Crippen molar-refractivity contribution in [2.75, 3.05) is 12.3 Å². The summed E-state index contributed by atoms with van der Waals surface area (Å²) in [7, 11) is 0. The minimum Gasteiger partial charge on any atom is -0.490 e. The SMILES string of the molecule is C=CC(=O)OC(C)COc1ccc(N)cc1. The van der Waals surface area contributed by atoms with Crippen LogP contribution < -0.4 is 10.5 Å². The topological polar surface area (TPSA) is 61.5 Å². The predicted octanol–water partition coefficient (Wildman–Crippen LogP) is 1.77. The number of ether oxygens (including phenoxy) is 2. The van der Waals surface area contributed by atoms with Crippen molar-refractivity contribution in [1.82, 2.24) is 0 Å². The number of hydrogen-bond acceptors (Lipinski definition) is 4. The molecule has 1 unspecified atom stereocenters. The lowest BCUT2D eigenvalue weighted by molar-refractivity contribution is -0.143. The van der Waals surface area contributed by atoms with Gasteiger partial charge in [-0.2, -0.15) is 0 Å². The quantitative estimate of drug-likeness (QED) is 0.467. The molecular weight excluding hydrogens is 206 g/mol. The third-order valence-corrected chi connectivity index (χ3v) is 1.85. The molecule has 4 nitrogen and oxygen atoms in total. The molecule has 0 amide bonds. The molecule has 0 fully saturated rings. The van der Waals surface area contributed by atoms with E-state index in [0.29, 0.717) is 18.0 Å². The summed E-state index contributed by atoms with van der Waals surface area (Å²) in [5, 5.41) is 0. The number of rotatable bonds is 5. The van der Waals surface area contributed by atoms with Gasteiger partial charge in [0.2, 0.25) is 0 Å². The van der Waals surface area contributed by atoms with Gasteiger partial charge in [-0.1, -0.05) is 6.58 Å². The van der Waals surface area contributed by atoms with E-state index in [2.05, 4.69) is 6.58 Å². The van der Waals surface area contributed by atoms with Gasteiger partial charge in [0.25, 0.3) is 0 Å². The van der Waals surface area contributed by atoms with Crippen molar-refractivity contribution in [2.45, 2.75) is 13.0 Å². The largest absolute Gasteiger partial charge is 0.490 e. The molecule has 0 spiro atoms. The molecule has 0 aromatic heterocycles. The van der Waals surface area contributed by atoms with E-state index in [9.17, 15) is 4.79 Å². The van der Waals surface area contributed by atoms with Gasteiger partial charge < -0.3 is 15.2 Å². The fraction of sp³-hybridized carbons (Fsp3) is 0.250. The predicted molar refractivity (Wildman–Crippen MR) is 62.1 cm³/mol. The Labute approximate surface area is 94.7 Å². The maximum atomic E-state index is 10.9. The van der Waals surface area contributed by atoms with Crippen LogP contribution in [0.4, 0.5) is 5.69 Å². The lowest BCUT2D eigenvalue weighted by Crippen LogP contribution is -2.20. The van der Waals surface area contributed by atoms with Crippen LogP contribution in [0.25, 0.3) is 0 Å². The molecule has 1 atom stereocenters. The molecule has 0 saturated heterocycles. The monoisotopic (exact) mass is 221 g/mol. The zero-order chi connectivity index (χ0) is 12.0. The summed E-state index contributed by atoms with van der Waals surface area (Å²) in [6.07, 6.45) is 0.808. The van der Waals surface area contributed by atoms with Gasteiger partial charge in [-0.05, 0) is 31.2 Å². The molecular formula is C12H15NO3. The Balaban J connectivity index is 2.36. The molecule has 1 aromatic carbocycles. The Hall–Kier alpha value is -1.97. The maximum absolute atomic E-state index is 10.9. The standard InChI is InChI=1S/C12H15NO3/c1-3-12(14)16-9(2)8-15-11-6-4-10(13)5-7-11/h3-7,9H,1,8,13H2,2H3. The van der Waals surface area contributed by atoms with Crippen LogP contribution >= 0.6 is 0 Å².